The molecule has 100 valence electrons. The maximum atomic E-state index is 9.65. The summed E-state index contributed by atoms with van der Waals surface area (Å²) < 4.78 is 0. The van der Waals surface area contributed by atoms with Crippen LogP contribution in [0.2, 0.25) is 5.02 Å². The molecule has 0 spiro atoms. The van der Waals surface area contributed by atoms with Crippen LogP contribution in [-0.4, -0.2) is 15.3 Å². The van der Waals surface area contributed by atoms with Crippen molar-refractivity contribution in [2.75, 3.05) is 0 Å². The van der Waals surface area contributed by atoms with Crippen molar-refractivity contribution in [2.45, 2.75) is 13.1 Å². The summed E-state index contributed by atoms with van der Waals surface area (Å²) >= 11 is 5.88. The number of aromatic hydroxyl groups is 3. The van der Waals surface area contributed by atoms with Crippen molar-refractivity contribution in [1.82, 2.24) is 5.32 Å². The molecule has 2 aromatic carbocycles. The zero-order valence-corrected chi connectivity index (χ0v) is 10.9. The van der Waals surface area contributed by atoms with Crippen molar-refractivity contribution in [1.29, 1.82) is 0 Å². The molecule has 0 fully saturated rings. The molecule has 0 aromatic heterocycles. The first-order valence-electron chi connectivity index (χ1n) is 5.76. The minimum absolute atomic E-state index is 0.307. The van der Waals surface area contributed by atoms with Gasteiger partial charge in [-0.15, -0.1) is 0 Å². The average Bonchev–Trinajstić information content (AvgIpc) is 2.39. The molecule has 4 nitrogen and oxygen atoms in total. The van der Waals surface area contributed by atoms with Crippen molar-refractivity contribution in [2.24, 2.45) is 0 Å². The van der Waals surface area contributed by atoms with Gasteiger partial charge in [0.1, 0.15) is 0 Å². The van der Waals surface area contributed by atoms with Crippen LogP contribution in [0.1, 0.15) is 11.1 Å². The molecule has 0 aliphatic carbocycles. The summed E-state index contributed by atoms with van der Waals surface area (Å²) in [6.07, 6.45) is 0. The summed E-state index contributed by atoms with van der Waals surface area (Å²) in [4.78, 5) is 0. The molecule has 0 aliphatic heterocycles. The van der Waals surface area contributed by atoms with Crippen LogP contribution in [-0.2, 0) is 13.1 Å². The molecule has 2 rings (SSSR count). The maximum absolute atomic E-state index is 9.65. The Bertz CT molecular complexity index is 587. The number of nitrogens with one attached hydrogen (secondary N) is 1. The molecule has 0 radical (unpaired) electrons. The van der Waals surface area contributed by atoms with Crippen LogP contribution >= 0.6 is 11.6 Å². The Hall–Kier alpha value is -1.91. The van der Waals surface area contributed by atoms with Gasteiger partial charge in [-0.25, -0.2) is 0 Å². The number of hydrogen-bond acceptors (Lipinski definition) is 4. The van der Waals surface area contributed by atoms with Gasteiger partial charge < -0.3 is 20.6 Å². The van der Waals surface area contributed by atoms with Gasteiger partial charge in [0.05, 0.1) is 0 Å². The lowest BCUT2D eigenvalue weighted by Crippen LogP contribution is -2.12. The van der Waals surface area contributed by atoms with Gasteiger partial charge in [-0.3, -0.25) is 0 Å². The predicted molar refractivity (Wildman–Crippen MR) is 73.4 cm³/mol. The van der Waals surface area contributed by atoms with E-state index in [1.165, 1.54) is 6.07 Å². The summed E-state index contributed by atoms with van der Waals surface area (Å²) in [7, 11) is 0. The van der Waals surface area contributed by atoms with Crippen LogP contribution in [0.5, 0.6) is 17.2 Å². The van der Waals surface area contributed by atoms with Gasteiger partial charge in [0.2, 0.25) is 5.75 Å². The van der Waals surface area contributed by atoms with Crippen molar-refractivity contribution < 1.29 is 15.3 Å². The highest BCUT2D eigenvalue weighted by atomic mass is 35.5. The van der Waals surface area contributed by atoms with E-state index < -0.39 is 5.75 Å². The minimum Gasteiger partial charge on any atom is -0.504 e. The molecule has 0 unspecified atom stereocenters. The lowest BCUT2D eigenvalue weighted by molar-refractivity contribution is 0.364. The van der Waals surface area contributed by atoms with E-state index in [0.717, 1.165) is 5.56 Å². The molecular formula is C14H14ClNO3. The molecule has 5 heteroatoms. The third kappa shape index (κ3) is 3.30. The number of rotatable bonds is 4. The van der Waals surface area contributed by atoms with E-state index in [1.807, 2.05) is 18.2 Å². The maximum Gasteiger partial charge on any atom is 0.200 e. The van der Waals surface area contributed by atoms with E-state index in [-0.39, 0.29) is 11.5 Å². The van der Waals surface area contributed by atoms with E-state index >= 15 is 0 Å². The smallest absolute Gasteiger partial charge is 0.200 e. The van der Waals surface area contributed by atoms with Crippen LogP contribution in [0.15, 0.2) is 36.4 Å². The Morgan fingerprint density at radius 3 is 2.47 bits per heavy atom. The first-order chi connectivity index (χ1) is 9.08. The van der Waals surface area contributed by atoms with Crippen molar-refractivity contribution in [3.8, 4) is 17.2 Å². The van der Waals surface area contributed by atoms with Gasteiger partial charge >= 0.3 is 0 Å². The molecule has 4 N–H and O–H groups in total. The largest absolute Gasteiger partial charge is 0.504 e. The Kier molecular flexibility index (Phi) is 4.14. The fraction of sp³-hybridized carbons (Fsp3) is 0.143. The molecule has 0 atom stereocenters. The molecule has 0 heterocycles. The van der Waals surface area contributed by atoms with Crippen LogP contribution in [0.3, 0.4) is 0 Å². The first-order valence-corrected chi connectivity index (χ1v) is 6.13. The Balaban J connectivity index is 1.98. The highest BCUT2D eigenvalue weighted by Crippen LogP contribution is 2.36. The molecule has 19 heavy (non-hydrogen) atoms. The second-order valence-electron chi connectivity index (χ2n) is 4.17. The van der Waals surface area contributed by atoms with E-state index in [2.05, 4.69) is 5.32 Å². The SMILES string of the molecule is Oc1ccc(CNCc2cccc(Cl)c2)c(O)c1O. The second-order valence-corrected chi connectivity index (χ2v) is 4.61. The van der Waals surface area contributed by atoms with Gasteiger partial charge in [-0.1, -0.05) is 29.8 Å². The van der Waals surface area contributed by atoms with E-state index in [1.54, 1.807) is 12.1 Å². The number of phenolic OH excluding ortho intramolecular Hbond substituents is 3. The van der Waals surface area contributed by atoms with E-state index in [0.29, 0.717) is 23.7 Å². The Morgan fingerprint density at radius 1 is 0.947 bits per heavy atom. The quantitative estimate of drug-likeness (QED) is 0.650. The molecule has 2 aromatic rings. The van der Waals surface area contributed by atoms with E-state index in [4.69, 9.17) is 11.6 Å². The third-order valence-corrected chi connectivity index (χ3v) is 2.98. The molecular weight excluding hydrogens is 266 g/mol. The lowest BCUT2D eigenvalue weighted by Gasteiger charge is -2.09. The van der Waals surface area contributed by atoms with Gasteiger partial charge in [-0.2, -0.15) is 0 Å². The molecule has 0 bridgehead atoms. The Labute approximate surface area is 115 Å². The second kappa shape index (κ2) is 5.82. The van der Waals surface area contributed by atoms with Crippen LogP contribution in [0.4, 0.5) is 0 Å². The summed E-state index contributed by atoms with van der Waals surface area (Å²) in [5.74, 6) is -1.14. The van der Waals surface area contributed by atoms with Crippen molar-refractivity contribution in [3.63, 3.8) is 0 Å². The third-order valence-electron chi connectivity index (χ3n) is 2.75. The monoisotopic (exact) mass is 279 g/mol. The van der Waals surface area contributed by atoms with Gasteiger partial charge in [-0.05, 0) is 23.8 Å². The standard InChI is InChI=1S/C14H14ClNO3/c15-11-3-1-2-9(6-11)7-16-8-10-4-5-12(17)14(19)13(10)18/h1-6,16-19H,7-8H2. The average molecular weight is 280 g/mol. The van der Waals surface area contributed by atoms with Crippen molar-refractivity contribution in [3.05, 3.63) is 52.5 Å². The Morgan fingerprint density at radius 2 is 1.74 bits per heavy atom. The van der Waals surface area contributed by atoms with E-state index in [9.17, 15) is 15.3 Å². The lowest BCUT2D eigenvalue weighted by atomic mass is 10.1. The fourth-order valence-electron chi connectivity index (χ4n) is 1.74. The predicted octanol–water partition coefficient (Wildman–Crippen LogP) is 2.75. The first kappa shape index (κ1) is 13.5. The minimum atomic E-state index is -0.498. The van der Waals surface area contributed by atoms with Gasteiger partial charge in [0.25, 0.3) is 0 Å². The zero-order chi connectivity index (χ0) is 13.8. The highest BCUT2D eigenvalue weighted by Gasteiger charge is 2.10. The van der Waals surface area contributed by atoms with Crippen molar-refractivity contribution >= 4 is 11.6 Å². The number of hydrogen-bond donors (Lipinski definition) is 4. The summed E-state index contributed by atoms with van der Waals surface area (Å²) in [6, 6.07) is 10.3. The van der Waals surface area contributed by atoms with Crippen LogP contribution < -0.4 is 5.32 Å². The topological polar surface area (TPSA) is 72.7 Å². The molecule has 0 amide bonds. The van der Waals surface area contributed by atoms with Crippen LogP contribution in [0.25, 0.3) is 0 Å². The fourth-order valence-corrected chi connectivity index (χ4v) is 1.95. The van der Waals surface area contributed by atoms with Gasteiger partial charge in [0.15, 0.2) is 11.5 Å². The van der Waals surface area contributed by atoms with Gasteiger partial charge in [0, 0.05) is 23.7 Å². The van der Waals surface area contributed by atoms with Crippen LogP contribution in [0, 0.1) is 0 Å². The number of benzene rings is 2. The molecule has 0 aliphatic rings. The summed E-state index contributed by atoms with van der Waals surface area (Å²) in [5, 5.41) is 32.0. The number of phenols is 3. The normalized spacial score (nSPS) is 10.6. The highest BCUT2D eigenvalue weighted by molar-refractivity contribution is 6.30. The zero-order valence-electron chi connectivity index (χ0n) is 10.1. The molecule has 0 saturated heterocycles. The molecule has 0 saturated carbocycles. The summed E-state index contributed by atoms with van der Waals surface area (Å²) in [5.41, 5.74) is 1.53. The summed E-state index contributed by atoms with van der Waals surface area (Å²) in [6.45, 7) is 0.952. The number of halogens is 1.